The highest BCUT2D eigenvalue weighted by atomic mass is 127. The molecule has 1 aliphatic rings. The lowest BCUT2D eigenvalue weighted by Gasteiger charge is -2.12. The fraction of sp³-hybridized carbons (Fsp3) is 0.562. The van der Waals surface area contributed by atoms with E-state index in [9.17, 15) is 8.78 Å². The first kappa shape index (κ1) is 19.1. The van der Waals surface area contributed by atoms with E-state index in [1.54, 1.807) is 7.05 Å². The number of hydrogen-bond donors (Lipinski definition) is 2. The second kappa shape index (κ2) is 9.27. The maximum Gasteiger partial charge on any atom is 0.191 e. The Morgan fingerprint density at radius 3 is 2.55 bits per heavy atom. The fourth-order valence-electron chi connectivity index (χ4n) is 2.49. The highest BCUT2D eigenvalue weighted by Crippen LogP contribution is 2.42. The molecule has 2 atom stereocenters. The molecule has 124 valence electrons. The van der Waals surface area contributed by atoms with Crippen LogP contribution in [0.1, 0.15) is 44.1 Å². The van der Waals surface area contributed by atoms with Crippen molar-refractivity contribution in [1.29, 1.82) is 0 Å². The minimum absolute atomic E-state index is 0. The quantitative estimate of drug-likeness (QED) is 0.316. The molecule has 0 bridgehead atoms. The summed E-state index contributed by atoms with van der Waals surface area (Å²) in [7, 11) is 1.70. The summed E-state index contributed by atoms with van der Waals surface area (Å²) >= 11 is 0. The SMILES string of the molecule is CCCCCNC(=NC)NC1CC1c1c(F)cccc1F.I. The molecule has 6 heteroatoms. The van der Waals surface area contributed by atoms with Gasteiger partial charge in [0.15, 0.2) is 5.96 Å². The summed E-state index contributed by atoms with van der Waals surface area (Å²) in [6, 6.07) is 4.07. The summed E-state index contributed by atoms with van der Waals surface area (Å²) in [5.41, 5.74) is 0.191. The van der Waals surface area contributed by atoms with Crippen LogP contribution in [0.25, 0.3) is 0 Å². The number of benzene rings is 1. The van der Waals surface area contributed by atoms with E-state index in [1.165, 1.54) is 31.0 Å². The minimum atomic E-state index is -0.463. The molecule has 2 rings (SSSR count). The second-order valence-electron chi connectivity index (χ2n) is 5.43. The first-order valence-corrected chi connectivity index (χ1v) is 7.58. The second-order valence-corrected chi connectivity index (χ2v) is 5.43. The van der Waals surface area contributed by atoms with Crippen LogP contribution < -0.4 is 10.6 Å². The van der Waals surface area contributed by atoms with Crippen molar-refractivity contribution in [3.05, 3.63) is 35.4 Å². The average Bonchev–Trinajstić information content (AvgIpc) is 3.21. The Hall–Kier alpha value is -0.920. The van der Waals surface area contributed by atoms with Crippen LogP contribution in [0.4, 0.5) is 8.78 Å². The molecule has 0 spiro atoms. The largest absolute Gasteiger partial charge is 0.356 e. The predicted molar refractivity (Wildman–Crippen MR) is 96.9 cm³/mol. The van der Waals surface area contributed by atoms with Crippen LogP contribution in [0.2, 0.25) is 0 Å². The lowest BCUT2D eigenvalue weighted by molar-refractivity contribution is 0.553. The van der Waals surface area contributed by atoms with Gasteiger partial charge < -0.3 is 10.6 Å². The molecule has 0 aliphatic heterocycles. The van der Waals surface area contributed by atoms with E-state index in [2.05, 4.69) is 22.5 Å². The third-order valence-corrected chi connectivity index (χ3v) is 3.78. The molecule has 0 amide bonds. The number of hydrogen-bond acceptors (Lipinski definition) is 1. The Morgan fingerprint density at radius 2 is 1.95 bits per heavy atom. The van der Waals surface area contributed by atoms with Crippen molar-refractivity contribution in [1.82, 2.24) is 10.6 Å². The molecule has 0 saturated heterocycles. The molecule has 0 radical (unpaired) electrons. The third kappa shape index (κ3) is 5.07. The molecule has 0 aromatic heterocycles. The standard InChI is InChI=1S/C16H23F2N3.HI/c1-3-4-5-9-20-16(19-2)21-14-10-11(14)15-12(17)7-6-8-13(15)18;/h6-8,11,14H,3-5,9-10H2,1-2H3,(H2,19,20,21);1H. The molecule has 22 heavy (non-hydrogen) atoms. The van der Waals surface area contributed by atoms with E-state index in [1.807, 2.05) is 0 Å². The van der Waals surface area contributed by atoms with Gasteiger partial charge in [-0.1, -0.05) is 25.8 Å². The molecule has 0 heterocycles. The van der Waals surface area contributed by atoms with Crippen molar-refractivity contribution in [2.24, 2.45) is 4.99 Å². The van der Waals surface area contributed by atoms with Gasteiger partial charge in [0.25, 0.3) is 0 Å². The molecule has 1 fully saturated rings. The van der Waals surface area contributed by atoms with Gasteiger partial charge in [-0.3, -0.25) is 4.99 Å². The van der Waals surface area contributed by atoms with Crippen LogP contribution in [-0.2, 0) is 0 Å². The van der Waals surface area contributed by atoms with Gasteiger partial charge in [-0.2, -0.15) is 0 Å². The van der Waals surface area contributed by atoms with Crippen molar-refractivity contribution in [2.45, 2.75) is 44.6 Å². The van der Waals surface area contributed by atoms with E-state index in [4.69, 9.17) is 0 Å². The zero-order chi connectivity index (χ0) is 15.2. The molecular weight excluding hydrogens is 399 g/mol. The average molecular weight is 423 g/mol. The summed E-state index contributed by atoms with van der Waals surface area (Å²) in [5, 5.41) is 6.45. The molecule has 2 N–H and O–H groups in total. The van der Waals surface area contributed by atoms with Gasteiger partial charge in [-0.25, -0.2) is 8.78 Å². The molecule has 1 aliphatic carbocycles. The topological polar surface area (TPSA) is 36.4 Å². The van der Waals surface area contributed by atoms with E-state index in [-0.39, 0.29) is 41.5 Å². The first-order valence-electron chi connectivity index (χ1n) is 7.58. The summed E-state index contributed by atoms with van der Waals surface area (Å²) in [4.78, 5) is 4.15. The van der Waals surface area contributed by atoms with Crippen molar-refractivity contribution in [2.75, 3.05) is 13.6 Å². The van der Waals surface area contributed by atoms with Crippen molar-refractivity contribution in [3.8, 4) is 0 Å². The summed E-state index contributed by atoms with van der Waals surface area (Å²) < 4.78 is 27.4. The van der Waals surface area contributed by atoms with E-state index < -0.39 is 11.6 Å². The van der Waals surface area contributed by atoms with Crippen LogP contribution in [0.3, 0.4) is 0 Å². The summed E-state index contributed by atoms with van der Waals surface area (Å²) in [6.45, 7) is 3.02. The lowest BCUT2D eigenvalue weighted by atomic mass is 10.1. The minimum Gasteiger partial charge on any atom is -0.356 e. The van der Waals surface area contributed by atoms with Gasteiger partial charge in [-0.15, -0.1) is 24.0 Å². The molecule has 1 aromatic rings. The molecule has 1 saturated carbocycles. The number of nitrogens with one attached hydrogen (secondary N) is 2. The number of halogens is 3. The Labute approximate surface area is 148 Å². The number of rotatable bonds is 6. The Kier molecular flexibility index (Phi) is 8.06. The highest BCUT2D eigenvalue weighted by Gasteiger charge is 2.42. The number of aliphatic imine (C=N–C) groups is 1. The summed E-state index contributed by atoms with van der Waals surface area (Å²) in [5.74, 6) is -0.332. The number of unbranched alkanes of at least 4 members (excludes halogenated alkanes) is 2. The van der Waals surface area contributed by atoms with Gasteiger partial charge in [-0.05, 0) is 25.0 Å². The van der Waals surface area contributed by atoms with Crippen molar-refractivity contribution >= 4 is 29.9 Å². The monoisotopic (exact) mass is 423 g/mol. The van der Waals surface area contributed by atoms with Crippen LogP contribution in [0, 0.1) is 11.6 Å². The van der Waals surface area contributed by atoms with E-state index >= 15 is 0 Å². The highest BCUT2D eigenvalue weighted by molar-refractivity contribution is 14.0. The molecule has 3 nitrogen and oxygen atoms in total. The normalized spacial score (nSPS) is 20.3. The maximum atomic E-state index is 13.7. The molecule has 2 unspecified atom stereocenters. The Morgan fingerprint density at radius 1 is 1.27 bits per heavy atom. The smallest absolute Gasteiger partial charge is 0.191 e. The maximum absolute atomic E-state index is 13.7. The number of nitrogens with zero attached hydrogens (tertiary/aromatic N) is 1. The van der Waals surface area contributed by atoms with Gasteiger partial charge in [0.2, 0.25) is 0 Å². The van der Waals surface area contributed by atoms with Crippen LogP contribution in [-0.4, -0.2) is 25.6 Å². The zero-order valence-corrected chi connectivity index (χ0v) is 15.4. The van der Waals surface area contributed by atoms with E-state index in [0.29, 0.717) is 5.96 Å². The van der Waals surface area contributed by atoms with Crippen LogP contribution in [0.15, 0.2) is 23.2 Å². The molecule has 1 aromatic carbocycles. The van der Waals surface area contributed by atoms with Gasteiger partial charge in [0.1, 0.15) is 11.6 Å². The molecular formula is C16H24F2IN3. The van der Waals surface area contributed by atoms with Crippen molar-refractivity contribution in [3.63, 3.8) is 0 Å². The van der Waals surface area contributed by atoms with Gasteiger partial charge in [0.05, 0.1) is 0 Å². The van der Waals surface area contributed by atoms with Crippen molar-refractivity contribution < 1.29 is 8.78 Å². The van der Waals surface area contributed by atoms with Gasteiger partial charge >= 0.3 is 0 Å². The van der Waals surface area contributed by atoms with Crippen LogP contribution in [0.5, 0.6) is 0 Å². The zero-order valence-electron chi connectivity index (χ0n) is 13.0. The number of guanidine groups is 1. The van der Waals surface area contributed by atoms with Gasteiger partial charge in [0, 0.05) is 31.1 Å². The Balaban J connectivity index is 0.00000242. The predicted octanol–water partition coefficient (Wildman–Crippen LogP) is 3.79. The lowest BCUT2D eigenvalue weighted by Crippen LogP contribution is -2.39. The summed E-state index contributed by atoms with van der Waals surface area (Å²) in [6.07, 6.45) is 4.17. The Bertz CT molecular complexity index is 488. The van der Waals surface area contributed by atoms with E-state index in [0.717, 1.165) is 19.4 Å². The fourth-order valence-corrected chi connectivity index (χ4v) is 2.49. The first-order chi connectivity index (χ1) is 10.2. The van der Waals surface area contributed by atoms with Crippen LogP contribution >= 0.6 is 24.0 Å². The third-order valence-electron chi connectivity index (χ3n) is 3.78.